The van der Waals surface area contributed by atoms with Crippen molar-refractivity contribution in [2.75, 3.05) is 11.4 Å². The molecule has 0 aliphatic rings. The number of nitrogens with zero attached hydrogens (tertiary/aromatic N) is 1. The van der Waals surface area contributed by atoms with Crippen LogP contribution in [0, 0.1) is 0 Å². The third-order valence-electron chi connectivity index (χ3n) is 3.83. The Bertz CT molecular complexity index is 917. The van der Waals surface area contributed by atoms with Gasteiger partial charge >= 0.3 is 6.18 Å². The average Bonchev–Trinajstić information content (AvgIpc) is 2.55. The van der Waals surface area contributed by atoms with Gasteiger partial charge in [0.15, 0.2) is 0 Å². The number of hydrogen-bond acceptors (Lipinski definition) is 2. The van der Waals surface area contributed by atoms with Crippen LogP contribution in [0.15, 0.2) is 59.4 Å². The second-order valence-corrected chi connectivity index (χ2v) is 5.35. The van der Waals surface area contributed by atoms with E-state index in [1.165, 1.54) is 12.1 Å². The first-order valence-electron chi connectivity index (χ1n) is 7.47. The summed E-state index contributed by atoms with van der Waals surface area (Å²) in [6, 6.07) is 14.7. The van der Waals surface area contributed by atoms with Crippen molar-refractivity contribution in [1.82, 2.24) is 4.98 Å². The number of H-pyrrole nitrogens is 1. The van der Waals surface area contributed by atoms with Crippen LogP contribution in [-0.4, -0.2) is 11.5 Å². The van der Waals surface area contributed by atoms with Crippen molar-refractivity contribution in [2.24, 2.45) is 0 Å². The van der Waals surface area contributed by atoms with E-state index < -0.39 is 17.3 Å². The molecule has 0 unspecified atom stereocenters. The van der Waals surface area contributed by atoms with Gasteiger partial charge in [-0.1, -0.05) is 18.2 Å². The summed E-state index contributed by atoms with van der Waals surface area (Å²) in [5, 5.41) is -0.0195. The maximum absolute atomic E-state index is 13.3. The van der Waals surface area contributed by atoms with Gasteiger partial charge < -0.3 is 9.88 Å². The molecule has 124 valence electrons. The molecule has 24 heavy (non-hydrogen) atoms. The van der Waals surface area contributed by atoms with E-state index in [1.54, 1.807) is 6.07 Å². The first-order chi connectivity index (χ1) is 11.4. The van der Waals surface area contributed by atoms with Gasteiger partial charge in [-0.25, -0.2) is 0 Å². The maximum Gasteiger partial charge on any atom is 0.417 e. The molecule has 0 saturated heterocycles. The second-order valence-electron chi connectivity index (χ2n) is 5.35. The van der Waals surface area contributed by atoms with Gasteiger partial charge in [0.1, 0.15) is 0 Å². The molecule has 1 aromatic heterocycles. The number of pyridine rings is 1. The van der Waals surface area contributed by atoms with E-state index in [4.69, 9.17) is 0 Å². The highest BCUT2D eigenvalue weighted by Crippen LogP contribution is 2.35. The van der Waals surface area contributed by atoms with Gasteiger partial charge in [-0.3, -0.25) is 4.79 Å². The van der Waals surface area contributed by atoms with E-state index >= 15 is 0 Å². The Labute approximate surface area is 136 Å². The smallest absolute Gasteiger partial charge is 0.342 e. The Kier molecular flexibility index (Phi) is 4.05. The van der Waals surface area contributed by atoms with E-state index in [-0.39, 0.29) is 10.9 Å². The molecule has 1 N–H and O–H groups in total. The summed E-state index contributed by atoms with van der Waals surface area (Å²) in [5.74, 6) is 0. The van der Waals surface area contributed by atoms with Crippen molar-refractivity contribution in [3.63, 3.8) is 0 Å². The molecule has 1 heterocycles. The minimum Gasteiger partial charge on any atom is -0.342 e. The van der Waals surface area contributed by atoms with E-state index in [0.29, 0.717) is 18.3 Å². The molecule has 3 nitrogen and oxygen atoms in total. The van der Waals surface area contributed by atoms with Crippen LogP contribution in [0.1, 0.15) is 12.5 Å². The molecule has 0 atom stereocenters. The fourth-order valence-corrected chi connectivity index (χ4v) is 2.77. The third-order valence-corrected chi connectivity index (χ3v) is 3.83. The normalized spacial score (nSPS) is 11.7. The Balaban J connectivity index is 2.21. The monoisotopic (exact) mass is 332 g/mol. The number of aromatic amines is 1. The molecular formula is C18H15F3N2O. The van der Waals surface area contributed by atoms with Crippen LogP contribution in [0.5, 0.6) is 0 Å². The topological polar surface area (TPSA) is 36.1 Å². The van der Waals surface area contributed by atoms with Gasteiger partial charge in [0, 0.05) is 34.9 Å². The molecule has 0 aliphatic heterocycles. The number of aromatic nitrogens is 1. The van der Waals surface area contributed by atoms with Gasteiger partial charge in [0.25, 0.3) is 0 Å². The minimum atomic E-state index is -4.59. The lowest BCUT2D eigenvalue weighted by Crippen LogP contribution is -2.17. The van der Waals surface area contributed by atoms with Crippen molar-refractivity contribution < 1.29 is 13.2 Å². The molecule has 0 aliphatic carbocycles. The number of halogens is 3. The summed E-state index contributed by atoms with van der Waals surface area (Å²) in [6.07, 6.45) is -4.59. The summed E-state index contributed by atoms with van der Waals surface area (Å²) >= 11 is 0. The molecule has 3 rings (SSSR count). The van der Waals surface area contributed by atoms with Crippen molar-refractivity contribution in [2.45, 2.75) is 13.1 Å². The fraction of sp³-hybridized carbons (Fsp3) is 0.167. The Hall–Kier alpha value is -2.76. The summed E-state index contributed by atoms with van der Waals surface area (Å²) in [7, 11) is 0. The number of para-hydroxylation sites is 1. The van der Waals surface area contributed by atoms with Gasteiger partial charge in [-0.05, 0) is 37.3 Å². The molecule has 0 fully saturated rings. The summed E-state index contributed by atoms with van der Waals surface area (Å²) in [5.41, 5.74) is -0.000955. The highest BCUT2D eigenvalue weighted by Gasteiger charge is 2.33. The van der Waals surface area contributed by atoms with Gasteiger partial charge in [-0.15, -0.1) is 0 Å². The maximum atomic E-state index is 13.3. The number of hydrogen-bond donors (Lipinski definition) is 1. The van der Waals surface area contributed by atoms with E-state index in [2.05, 4.69) is 4.98 Å². The Morgan fingerprint density at radius 1 is 1.00 bits per heavy atom. The number of anilines is 2. The molecule has 0 amide bonds. The number of rotatable bonds is 3. The zero-order chi connectivity index (χ0) is 17.3. The number of benzene rings is 2. The average molecular weight is 332 g/mol. The lowest BCUT2D eigenvalue weighted by molar-refractivity contribution is -0.136. The van der Waals surface area contributed by atoms with Crippen LogP contribution in [0.3, 0.4) is 0 Å². The van der Waals surface area contributed by atoms with Crippen LogP contribution in [0.25, 0.3) is 10.9 Å². The predicted octanol–water partition coefficient (Wildman–Crippen LogP) is 4.70. The zero-order valence-electron chi connectivity index (χ0n) is 12.9. The molecule has 3 aromatic rings. The molecule has 0 radical (unpaired) electrons. The predicted molar refractivity (Wildman–Crippen MR) is 88.7 cm³/mol. The van der Waals surface area contributed by atoms with Crippen LogP contribution in [0.2, 0.25) is 0 Å². The lowest BCUT2D eigenvalue weighted by Gasteiger charge is -2.24. The lowest BCUT2D eigenvalue weighted by atomic mass is 10.1. The SMILES string of the molecule is CCN(c1ccccc1)c1ccc2[nH]c(=O)cc(C(F)(F)F)c2c1. The van der Waals surface area contributed by atoms with E-state index in [1.807, 2.05) is 42.2 Å². The van der Waals surface area contributed by atoms with Gasteiger partial charge in [0.2, 0.25) is 5.56 Å². The second kappa shape index (κ2) is 6.03. The van der Waals surface area contributed by atoms with Crippen molar-refractivity contribution in [1.29, 1.82) is 0 Å². The summed E-state index contributed by atoms with van der Waals surface area (Å²) in [4.78, 5) is 15.8. The molecule has 0 spiro atoms. The van der Waals surface area contributed by atoms with E-state index in [0.717, 1.165) is 5.69 Å². The minimum absolute atomic E-state index is 0.0195. The van der Waals surface area contributed by atoms with Crippen molar-refractivity contribution in [3.8, 4) is 0 Å². The van der Waals surface area contributed by atoms with Crippen molar-refractivity contribution >= 4 is 22.3 Å². The highest BCUT2D eigenvalue weighted by atomic mass is 19.4. The van der Waals surface area contributed by atoms with Crippen LogP contribution >= 0.6 is 0 Å². The molecule has 0 bridgehead atoms. The molecular weight excluding hydrogens is 317 g/mol. The largest absolute Gasteiger partial charge is 0.417 e. The van der Waals surface area contributed by atoms with Crippen molar-refractivity contribution in [3.05, 3.63) is 70.5 Å². The van der Waals surface area contributed by atoms with Gasteiger partial charge in [-0.2, -0.15) is 13.2 Å². The van der Waals surface area contributed by atoms with E-state index in [9.17, 15) is 18.0 Å². The number of fused-ring (bicyclic) bond motifs is 1. The fourth-order valence-electron chi connectivity index (χ4n) is 2.77. The molecule has 6 heteroatoms. The first kappa shape index (κ1) is 16.1. The van der Waals surface area contributed by atoms with Crippen LogP contribution < -0.4 is 10.5 Å². The third kappa shape index (κ3) is 2.99. The zero-order valence-corrected chi connectivity index (χ0v) is 12.9. The first-order valence-corrected chi connectivity index (χ1v) is 7.47. The van der Waals surface area contributed by atoms with Crippen LogP contribution in [-0.2, 0) is 6.18 Å². The summed E-state index contributed by atoms with van der Waals surface area (Å²) < 4.78 is 39.8. The molecule has 0 saturated carbocycles. The number of nitrogens with one attached hydrogen (secondary N) is 1. The van der Waals surface area contributed by atoms with Gasteiger partial charge in [0.05, 0.1) is 5.56 Å². The molecule has 2 aromatic carbocycles. The Morgan fingerprint density at radius 3 is 2.33 bits per heavy atom. The standard InChI is InChI=1S/C18H15F3N2O/c1-2-23(12-6-4-3-5-7-12)13-8-9-16-14(10-13)15(18(19,20)21)11-17(24)22-16/h3-11H,2H2,1H3,(H,22,24). The summed E-state index contributed by atoms with van der Waals surface area (Å²) in [6.45, 7) is 2.52. The Morgan fingerprint density at radius 2 is 1.71 bits per heavy atom. The van der Waals surface area contributed by atoms with Crippen LogP contribution in [0.4, 0.5) is 24.5 Å². The highest BCUT2D eigenvalue weighted by molar-refractivity contribution is 5.87. The number of alkyl halides is 3. The quantitative estimate of drug-likeness (QED) is 0.754.